The maximum Gasteiger partial charge on any atom is 0.410 e. The van der Waals surface area contributed by atoms with E-state index in [0.29, 0.717) is 36.1 Å². The standard InChI is InChI=1S/C27H25ClN2O4/c1-2-30-21(16-33-27(30)32)13-17-3-7-22(8-4-17)34-25-10-6-19(14-23(25)28)11-18-5-9-24-20(12-18)15-26(31)29-24/h3-11,14,21H,2,12-13,15-16H2,1H3,(H,29,31). The van der Waals surface area contributed by atoms with E-state index in [2.05, 4.69) is 11.4 Å². The molecule has 2 heterocycles. The molecule has 1 unspecified atom stereocenters. The van der Waals surface area contributed by atoms with Gasteiger partial charge in [0, 0.05) is 12.2 Å². The molecule has 1 fully saturated rings. The zero-order valence-corrected chi connectivity index (χ0v) is 19.6. The highest BCUT2D eigenvalue weighted by Crippen LogP contribution is 2.33. The minimum absolute atomic E-state index is 0.0547. The maximum atomic E-state index is 11.7. The Morgan fingerprint density at radius 3 is 2.74 bits per heavy atom. The van der Waals surface area contributed by atoms with Gasteiger partial charge in [0.05, 0.1) is 17.5 Å². The Hall–Kier alpha value is -3.51. The molecule has 5 rings (SSSR count). The zero-order chi connectivity index (χ0) is 23.7. The number of amides is 2. The zero-order valence-electron chi connectivity index (χ0n) is 18.8. The molecule has 174 valence electrons. The molecule has 2 aliphatic heterocycles. The number of likely N-dealkylation sites (N-methyl/N-ethyl adjacent to an activating group) is 1. The van der Waals surface area contributed by atoms with Gasteiger partial charge in [-0.1, -0.05) is 42.0 Å². The van der Waals surface area contributed by atoms with Crippen molar-refractivity contribution in [2.24, 2.45) is 0 Å². The van der Waals surface area contributed by atoms with Crippen LogP contribution in [0, 0.1) is 0 Å². The molecule has 1 saturated heterocycles. The average molecular weight is 477 g/mol. The summed E-state index contributed by atoms with van der Waals surface area (Å²) in [4.78, 5) is 25.1. The highest BCUT2D eigenvalue weighted by atomic mass is 35.5. The van der Waals surface area contributed by atoms with Crippen molar-refractivity contribution in [1.29, 1.82) is 0 Å². The highest BCUT2D eigenvalue weighted by Gasteiger charge is 2.31. The number of hydrogen-bond acceptors (Lipinski definition) is 4. The van der Waals surface area contributed by atoms with Gasteiger partial charge in [0.15, 0.2) is 0 Å². The fourth-order valence-electron chi connectivity index (χ4n) is 4.53. The van der Waals surface area contributed by atoms with E-state index >= 15 is 0 Å². The van der Waals surface area contributed by atoms with Gasteiger partial charge in [0.2, 0.25) is 5.91 Å². The number of hydrogen-bond donors (Lipinski definition) is 1. The van der Waals surface area contributed by atoms with E-state index in [1.54, 1.807) is 4.90 Å². The number of rotatable bonds is 6. The van der Waals surface area contributed by atoms with Crippen molar-refractivity contribution >= 4 is 29.7 Å². The molecule has 6 nitrogen and oxygen atoms in total. The summed E-state index contributed by atoms with van der Waals surface area (Å²) in [5.41, 5.74) is 5.28. The van der Waals surface area contributed by atoms with Crippen molar-refractivity contribution in [2.45, 2.75) is 32.2 Å². The third-order valence-electron chi connectivity index (χ3n) is 6.26. The van der Waals surface area contributed by atoms with E-state index in [1.807, 2.05) is 61.5 Å². The van der Waals surface area contributed by atoms with E-state index in [1.165, 1.54) is 0 Å². The normalized spacial score (nSPS) is 20.6. The van der Waals surface area contributed by atoms with Crippen LogP contribution >= 0.6 is 11.6 Å². The van der Waals surface area contributed by atoms with Crippen molar-refractivity contribution in [2.75, 3.05) is 13.2 Å². The van der Waals surface area contributed by atoms with Crippen LogP contribution in [0.5, 0.6) is 11.5 Å². The summed E-state index contributed by atoms with van der Waals surface area (Å²) in [6, 6.07) is 13.6. The molecule has 1 atom stereocenters. The van der Waals surface area contributed by atoms with Gasteiger partial charge in [0.1, 0.15) is 18.1 Å². The van der Waals surface area contributed by atoms with Crippen molar-refractivity contribution < 1.29 is 19.1 Å². The molecule has 2 amide bonds. The van der Waals surface area contributed by atoms with Crippen molar-refractivity contribution in [3.8, 4) is 11.5 Å². The van der Waals surface area contributed by atoms with Crippen molar-refractivity contribution in [3.05, 3.63) is 87.6 Å². The number of cyclic esters (lactones) is 1. The number of halogens is 1. The molecule has 0 saturated carbocycles. The quantitative estimate of drug-likeness (QED) is 0.586. The SMILES string of the molecule is CCN1C(=O)OCC1Cc1ccc(Oc2ccc(C=C3C=CC4=C(CC(=O)N4)C3)cc2Cl)cc1. The minimum Gasteiger partial charge on any atom is -0.456 e. The summed E-state index contributed by atoms with van der Waals surface area (Å²) in [6.07, 6.45) is 7.77. The molecule has 0 radical (unpaired) electrons. The summed E-state index contributed by atoms with van der Waals surface area (Å²) < 4.78 is 11.2. The van der Waals surface area contributed by atoms with Gasteiger partial charge in [-0.05, 0) is 72.4 Å². The lowest BCUT2D eigenvalue weighted by Gasteiger charge is -2.19. The Kier molecular flexibility index (Phi) is 6.16. The smallest absolute Gasteiger partial charge is 0.410 e. The number of carbonyl (C=O) groups is 2. The lowest BCUT2D eigenvalue weighted by Crippen LogP contribution is -2.34. The largest absolute Gasteiger partial charge is 0.456 e. The first kappa shape index (κ1) is 22.3. The summed E-state index contributed by atoms with van der Waals surface area (Å²) in [7, 11) is 0. The van der Waals surface area contributed by atoms with Crippen LogP contribution in [-0.2, 0) is 16.0 Å². The van der Waals surface area contributed by atoms with Gasteiger partial charge in [-0.3, -0.25) is 4.79 Å². The Labute approximate surface area is 203 Å². The van der Waals surface area contributed by atoms with Crippen LogP contribution in [0.25, 0.3) is 6.08 Å². The van der Waals surface area contributed by atoms with Crippen LogP contribution in [0.2, 0.25) is 5.02 Å². The van der Waals surface area contributed by atoms with Crippen LogP contribution in [0.1, 0.15) is 30.9 Å². The third-order valence-corrected chi connectivity index (χ3v) is 6.55. The first-order valence-corrected chi connectivity index (χ1v) is 11.8. The van der Waals surface area contributed by atoms with E-state index in [-0.39, 0.29) is 18.0 Å². The van der Waals surface area contributed by atoms with Gasteiger partial charge in [0.25, 0.3) is 0 Å². The molecule has 2 aromatic carbocycles. The van der Waals surface area contributed by atoms with Gasteiger partial charge >= 0.3 is 6.09 Å². The number of nitrogens with one attached hydrogen (secondary N) is 1. The molecule has 34 heavy (non-hydrogen) atoms. The van der Waals surface area contributed by atoms with Crippen LogP contribution in [0.4, 0.5) is 4.79 Å². The molecule has 0 spiro atoms. The second-order valence-corrected chi connectivity index (χ2v) is 9.04. The number of ether oxygens (including phenoxy) is 2. The van der Waals surface area contributed by atoms with E-state index < -0.39 is 0 Å². The number of nitrogens with zero attached hydrogens (tertiary/aromatic N) is 1. The Morgan fingerprint density at radius 2 is 1.97 bits per heavy atom. The van der Waals surface area contributed by atoms with Crippen LogP contribution < -0.4 is 10.1 Å². The number of benzene rings is 2. The Bertz CT molecular complexity index is 1230. The lowest BCUT2D eigenvalue weighted by molar-refractivity contribution is -0.118. The summed E-state index contributed by atoms with van der Waals surface area (Å²) in [5.74, 6) is 1.33. The summed E-state index contributed by atoms with van der Waals surface area (Å²) in [5, 5.41) is 3.40. The topological polar surface area (TPSA) is 67.9 Å². The van der Waals surface area contributed by atoms with Crippen molar-refractivity contribution in [1.82, 2.24) is 10.2 Å². The predicted molar refractivity (Wildman–Crippen MR) is 131 cm³/mol. The predicted octanol–water partition coefficient (Wildman–Crippen LogP) is 5.63. The van der Waals surface area contributed by atoms with Gasteiger partial charge in [-0.2, -0.15) is 0 Å². The first-order chi connectivity index (χ1) is 16.5. The molecule has 1 N–H and O–H groups in total. The lowest BCUT2D eigenvalue weighted by atomic mass is 9.96. The first-order valence-electron chi connectivity index (χ1n) is 11.4. The van der Waals surface area contributed by atoms with Crippen LogP contribution in [-0.4, -0.2) is 36.1 Å². The van der Waals surface area contributed by atoms with Gasteiger partial charge < -0.3 is 19.7 Å². The fraction of sp³-hybridized carbons (Fsp3) is 0.259. The minimum atomic E-state index is -0.242. The maximum absolute atomic E-state index is 11.7. The van der Waals surface area contributed by atoms with Crippen LogP contribution in [0.15, 0.2) is 71.5 Å². The molecular formula is C27H25ClN2O4. The molecule has 0 aromatic heterocycles. The van der Waals surface area contributed by atoms with Gasteiger partial charge in [-0.25, -0.2) is 4.79 Å². The van der Waals surface area contributed by atoms with E-state index in [0.717, 1.165) is 40.8 Å². The van der Waals surface area contributed by atoms with Crippen LogP contribution in [0.3, 0.4) is 0 Å². The molecular weight excluding hydrogens is 452 g/mol. The summed E-state index contributed by atoms with van der Waals surface area (Å²) in [6.45, 7) is 3.02. The molecule has 0 bridgehead atoms. The Balaban J connectivity index is 1.22. The second-order valence-electron chi connectivity index (χ2n) is 8.63. The molecule has 3 aliphatic rings. The number of allylic oxidation sites excluding steroid dienone is 3. The third kappa shape index (κ3) is 4.73. The van der Waals surface area contributed by atoms with E-state index in [9.17, 15) is 9.59 Å². The van der Waals surface area contributed by atoms with E-state index in [4.69, 9.17) is 21.1 Å². The monoisotopic (exact) mass is 476 g/mol. The number of carbonyl (C=O) groups excluding carboxylic acids is 2. The van der Waals surface area contributed by atoms with Gasteiger partial charge in [-0.15, -0.1) is 0 Å². The molecule has 1 aliphatic carbocycles. The second kappa shape index (κ2) is 9.39. The highest BCUT2D eigenvalue weighted by molar-refractivity contribution is 6.32. The van der Waals surface area contributed by atoms with Crippen molar-refractivity contribution in [3.63, 3.8) is 0 Å². The molecule has 7 heteroatoms. The fourth-order valence-corrected chi connectivity index (χ4v) is 4.75. The Morgan fingerprint density at radius 1 is 1.15 bits per heavy atom. The summed E-state index contributed by atoms with van der Waals surface area (Å²) >= 11 is 6.51. The average Bonchev–Trinajstić information content (AvgIpc) is 3.37. The molecule has 2 aromatic rings.